The van der Waals surface area contributed by atoms with Crippen LogP contribution in [0.5, 0.6) is 34.5 Å². The molecular formula is C28H28N2O7. The number of hydrogen-bond donors (Lipinski definition) is 1. The summed E-state index contributed by atoms with van der Waals surface area (Å²) in [6.07, 6.45) is 1.68. The molecule has 1 N–H and O–H groups in total. The molecule has 4 aromatic rings. The van der Waals surface area contributed by atoms with E-state index in [-0.39, 0.29) is 6.61 Å². The van der Waals surface area contributed by atoms with Gasteiger partial charge in [0.25, 0.3) is 0 Å². The zero-order valence-electron chi connectivity index (χ0n) is 20.9. The van der Waals surface area contributed by atoms with Crippen molar-refractivity contribution in [1.82, 2.24) is 4.98 Å². The van der Waals surface area contributed by atoms with Crippen molar-refractivity contribution in [2.45, 2.75) is 6.42 Å². The molecule has 9 heteroatoms. The van der Waals surface area contributed by atoms with Gasteiger partial charge in [0.2, 0.25) is 0 Å². The number of fused-ring (bicyclic) bond motifs is 1. The lowest BCUT2D eigenvalue weighted by Crippen LogP contribution is -2.15. The van der Waals surface area contributed by atoms with Crippen molar-refractivity contribution in [1.29, 1.82) is 0 Å². The summed E-state index contributed by atoms with van der Waals surface area (Å²) >= 11 is 0. The van der Waals surface area contributed by atoms with E-state index in [1.54, 1.807) is 63.9 Å². The van der Waals surface area contributed by atoms with Crippen molar-refractivity contribution >= 4 is 22.7 Å². The minimum atomic E-state index is -0.542. The highest BCUT2D eigenvalue weighted by atomic mass is 16.6. The molecule has 37 heavy (non-hydrogen) atoms. The van der Waals surface area contributed by atoms with Gasteiger partial charge in [-0.25, -0.2) is 4.79 Å². The van der Waals surface area contributed by atoms with Crippen LogP contribution in [0.15, 0.2) is 72.9 Å². The number of benzene rings is 3. The first-order chi connectivity index (χ1) is 18.1. The number of hydrogen-bond acceptors (Lipinski definition) is 8. The zero-order chi connectivity index (χ0) is 26.0. The molecule has 1 heterocycles. The van der Waals surface area contributed by atoms with E-state index in [4.69, 9.17) is 28.4 Å². The van der Waals surface area contributed by atoms with Crippen LogP contribution in [0.25, 0.3) is 10.9 Å². The summed E-state index contributed by atoms with van der Waals surface area (Å²) in [6, 6.07) is 19.7. The largest absolute Gasteiger partial charge is 0.497 e. The quantitative estimate of drug-likeness (QED) is 0.246. The van der Waals surface area contributed by atoms with Crippen molar-refractivity contribution in [2.24, 2.45) is 0 Å². The van der Waals surface area contributed by atoms with Gasteiger partial charge in [-0.1, -0.05) is 0 Å². The fourth-order valence-electron chi connectivity index (χ4n) is 3.51. The molecule has 192 valence electrons. The van der Waals surface area contributed by atoms with Crippen LogP contribution in [-0.4, -0.2) is 45.6 Å². The maximum atomic E-state index is 12.1. The molecule has 1 amide bonds. The molecule has 0 spiro atoms. The number of carbonyl (C=O) groups excluding carboxylic acids is 1. The minimum absolute atomic E-state index is 0.229. The summed E-state index contributed by atoms with van der Waals surface area (Å²) < 4.78 is 32.8. The first-order valence-corrected chi connectivity index (χ1v) is 11.6. The third-order valence-electron chi connectivity index (χ3n) is 5.39. The number of ether oxygens (including phenoxy) is 6. The molecule has 0 unspecified atom stereocenters. The van der Waals surface area contributed by atoms with Crippen LogP contribution >= 0.6 is 0 Å². The Morgan fingerprint density at radius 2 is 1.43 bits per heavy atom. The summed E-state index contributed by atoms with van der Waals surface area (Å²) in [7, 11) is 4.77. The van der Waals surface area contributed by atoms with Gasteiger partial charge in [0.15, 0.2) is 11.5 Å². The molecule has 0 fully saturated rings. The molecule has 9 nitrogen and oxygen atoms in total. The van der Waals surface area contributed by atoms with Gasteiger partial charge in [-0.15, -0.1) is 0 Å². The van der Waals surface area contributed by atoms with E-state index in [1.165, 1.54) is 0 Å². The van der Waals surface area contributed by atoms with Crippen LogP contribution in [0.2, 0.25) is 0 Å². The number of methoxy groups -OCH3 is 3. The topological polar surface area (TPSA) is 97.4 Å². The van der Waals surface area contributed by atoms with E-state index in [0.29, 0.717) is 47.2 Å². The van der Waals surface area contributed by atoms with E-state index in [2.05, 4.69) is 10.3 Å². The number of anilines is 1. The summed E-state index contributed by atoms with van der Waals surface area (Å²) in [5.74, 6) is 3.87. The van der Waals surface area contributed by atoms with Gasteiger partial charge in [-0.3, -0.25) is 10.3 Å². The lowest BCUT2D eigenvalue weighted by Gasteiger charge is -2.13. The number of pyridine rings is 1. The fraction of sp³-hybridized carbons (Fsp3) is 0.214. The third-order valence-corrected chi connectivity index (χ3v) is 5.39. The van der Waals surface area contributed by atoms with Crippen molar-refractivity contribution in [3.63, 3.8) is 0 Å². The van der Waals surface area contributed by atoms with Gasteiger partial charge in [-0.05, 0) is 60.7 Å². The number of aromatic nitrogens is 1. The minimum Gasteiger partial charge on any atom is -0.497 e. The zero-order valence-corrected chi connectivity index (χ0v) is 20.9. The van der Waals surface area contributed by atoms with E-state index in [1.807, 2.05) is 30.3 Å². The highest BCUT2D eigenvalue weighted by Gasteiger charge is 2.12. The monoisotopic (exact) mass is 504 g/mol. The Balaban J connectivity index is 1.26. The lowest BCUT2D eigenvalue weighted by molar-refractivity contribution is 0.152. The summed E-state index contributed by atoms with van der Waals surface area (Å²) in [4.78, 5) is 16.5. The smallest absolute Gasteiger partial charge is 0.411 e. The second-order valence-electron chi connectivity index (χ2n) is 7.80. The molecular weight excluding hydrogens is 476 g/mol. The molecule has 1 aromatic heterocycles. The Bertz CT molecular complexity index is 1330. The predicted molar refractivity (Wildman–Crippen MR) is 139 cm³/mol. The van der Waals surface area contributed by atoms with E-state index >= 15 is 0 Å². The van der Waals surface area contributed by atoms with Crippen LogP contribution in [0.1, 0.15) is 6.42 Å². The average molecular weight is 505 g/mol. The van der Waals surface area contributed by atoms with Crippen LogP contribution in [-0.2, 0) is 4.74 Å². The number of carbonyl (C=O) groups is 1. The number of nitrogens with one attached hydrogen (secondary N) is 1. The van der Waals surface area contributed by atoms with Crippen molar-refractivity contribution < 1.29 is 33.2 Å². The molecule has 0 aliphatic carbocycles. The normalized spacial score (nSPS) is 10.5. The van der Waals surface area contributed by atoms with Gasteiger partial charge >= 0.3 is 6.09 Å². The van der Waals surface area contributed by atoms with Gasteiger partial charge < -0.3 is 28.4 Å². The van der Waals surface area contributed by atoms with Gasteiger partial charge in [0, 0.05) is 29.8 Å². The maximum absolute atomic E-state index is 12.1. The van der Waals surface area contributed by atoms with E-state index in [0.717, 1.165) is 16.9 Å². The summed E-state index contributed by atoms with van der Waals surface area (Å²) in [6.45, 7) is 0.653. The molecule has 0 aliphatic rings. The summed E-state index contributed by atoms with van der Waals surface area (Å²) in [5.41, 5.74) is 1.29. The average Bonchev–Trinajstić information content (AvgIpc) is 2.93. The van der Waals surface area contributed by atoms with Gasteiger partial charge in [0.1, 0.15) is 23.0 Å². The Hall–Kier alpha value is -4.66. The number of nitrogens with zero attached hydrogens (tertiary/aromatic N) is 1. The molecule has 0 aliphatic heterocycles. The van der Waals surface area contributed by atoms with Crippen molar-refractivity contribution in [2.75, 3.05) is 39.9 Å². The first kappa shape index (κ1) is 25.4. The number of amides is 1. The van der Waals surface area contributed by atoms with Crippen LogP contribution < -0.4 is 29.0 Å². The highest BCUT2D eigenvalue weighted by molar-refractivity contribution is 5.88. The van der Waals surface area contributed by atoms with Crippen molar-refractivity contribution in [3.05, 3.63) is 72.9 Å². The number of rotatable bonds is 11. The lowest BCUT2D eigenvalue weighted by atomic mass is 10.2. The van der Waals surface area contributed by atoms with Crippen molar-refractivity contribution in [3.8, 4) is 34.5 Å². The summed E-state index contributed by atoms with van der Waals surface area (Å²) in [5, 5.41) is 3.48. The predicted octanol–water partition coefficient (Wildman–Crippen LogP) is 6.07. The standard InChI is InChI=1S/C28H28N2O7/c1-32-20-9-11-21(12-10-20)35-15-4-16-36-28(31)30-19-5-7-22(8-6-19)37-25-13-14-29-24-18-27(34-3)26(33-2)17-23(24)25/h5-14,17-18H,4,15-16H2,1-3H3,(H,30,31). The molecule has 0 saturated carbocycles. The molecule has 0 radical (unpaired) electrons. The van der Waals surface area contributed by atoms with Crippen LogP contribution in [0.4, 0.5) is 10.5 Å². The Labute approximate surface area is 214 Å². The Kier molecular flexibility index (Phi) is 8.49. The Morgan fingerprint density at radius 1 is 0.757 bits per heavy atom. The highest BCUT2D eigenvalue weighted by Crippen LogP contribution is 2.37. The second-order valence-corrected chi connectivity index (χ2v) is 7.80. The SMILES string of the molecule is COc1ccc(OCCCOC(=O)Nc2ccc(Oc3ccnc4cc(OC)c(OC)cc34)cc2)cc1. The molecule has 0 atom stereocenters. The maximum Gasteiger partial charge on any atom is 0.411 e. The molecule has 4 rings (SSSR count). The molecule has 0 bridgehead atoms. The first-order valence-electron chi connectivity index (χ1n) is 11.6. The van der Waals surface area contributed by atoms with Crippen LogP contribution in [0.3, 0.4) is 0 Å². The fourth-order valence-corrected chi connectivity index (χ4v) is 3.51. The van der Waals surface area contributed by atoms with E-state index in [9.17, 15) is 4.79 Å². The molecule has 3 aromatic carbocycles. The third kappa shape index (κ3) is 6.72. The Morgan fingerprint density at radius 3 is 2.14 bits per heavy atom. The van der Waals surface area contributed by atoms with E-state index < -0.39 is 6.09 Å². The molecule has 0 saturated heterocycles. The van der Waals surface area contributed by atoms with Crippen LogP contribution in [0, 0.1) is 0 Å². The second kappa shape index (κ2) is 12.3. The van der Waals surface area contributed by atoms with Gasteiger partial charge in [-0.2, -0.15) is 0 Å². The van der Waals surface area contributed by atoms with Gasteiger partial charge in [0.05, 0.1) is 40.1 Å².